The fourth-order valence-electron chi connectivity index (χ4n) is 5.75. The molecule has 2 aliphatic rings. The van der Waals surface area contributed by atoms with Gasteiger partial charge in [0.15, 0.2) is 12.4 Å². The van der Waals surface area contributed by atoms with Crippen LogP contribution in [-0.4, -0.2) is 91.1 Å². The van der Waals surface area contributed by atoms with Crippen molar-refractivity contribution in [1.82, 2.24) is 15.5 Å². The van der Waals surface area contributed by atoms with Crippen molar-refractivity contribution in [3.05, 3.63) is 52.3 Å². The van der Waals surface area contributed by atoms with E-state index < -0.39 is 23.9 Å². The maximum absolute atomic E-state index is 13.5. The van der Waals surface area contributed by atoms with Crippen LogP contribution in [0.4, 0.5) is 36.4 Å². The molecule has 0 saturated heterocycles. The molecule has 4 N–H and O–H groups in total. The number of benzene rings is 2. The molecule has 10 nitrogen and oxygen atoms in total. The molecule has 4 rings (SSSR count). The highest BCUT2D eigenvalue weighted by Gasteiger charge is 2.54. The number of phenolic OH excluding ortho intramolecular Hbond substituents is 1. The fourth-order valence-corrected chi connectivity index (χ4v) is 5.99. The number of Topliss-reactive ketones (excluding diaryl/α,β-unsaturated/α-hetero) is 2. The quantitative estimate of drug-likeness (QED) is 0.0635. The number of hydrogen-bond acceptors (Lipinski definition) is 8. The summed E-state index contributed by atoms with van der Waals surface area (Å²) >= 11 is 5.94. The van der Waals surface area contributed by atoms with Gasteiger partial charge >= 0.3 is 23.9 Å². The van der Waals surface area contributed by atoms with E-state index in [9.17, 15) is 55.0 Å². The molecule has 0 spiro atoms. The van der Waals surface area contributed by atoms with Crippen molar-refractivity contribution in [1.29, 1.82) is 0 Å². The van der Waals surface area contributed by atoms with Gasteiger partial charge in [-0.1, -0.05) is 43.4 Å². The third kappa shape index (κ3) is 13.5. The summed E-state index contributed by atoms with van der Waals surface area (Å²) in [6.07, 6.45) is -2.98. The SMILES string of the molecule is O=C(C(=O)C(F)(F)F)C(F)(F)F.O=C1COc2c(CCNCCN(C(=O)CCNCCc3cc(F)cc(Cl)c3)C3CCCCCC3)ccc(O)c2N1. The molecular formula is C34H40ClF7N4O6. The van der Waals surface area contributed by atoms with E-state index in [1.165, 1.54) is 25.0 Å². The van der Waals surface area contributed by atoms with Gasteiger partial charge in [-0.3, -0.25) is 19.2 Å². The van der Waals surface area contributed by atoms with Gasteiger partial charge < -0.3 is 30.7 Å². The van der Waals surface area contributed by atoms with Gasteiger partial charge in [0.2, 0.25) is 5.91 Å². The lowest BCUT2D eigenvalue weighted by molar-refractivity contribution is -0.193. The Hall–Kier alpha value is -3.96. The van der Waals surface area contributed by atoms with Crippen LogP contribution in [0.3, 0.4) is 0 Å². The van der Waals surface area contributed by atoms with Crippen molar-refractivity contribution >= 4 is 40.7 Å². The molecule has 1 fully saturated rings. The molecule has 0 unspecified atom stereocenters. The number of phenols is 1. The summed E-state index contributed by atoms with van der Waals surface area (Å²) < 4.78 is 86.1. The van der Waals surface area contributed by atoms with Gasteiger partial charge in [0, 0.05) is 37.1 Å². The van der Waals surface area contributed by atoms with E-state index in [2.05, 4.69) is 20.9 Å². The Morgan fingerprint density at radius 1 is 0.885 bits per heavy atom. The van der Waals surface area contributed by atoms with Crippen LogP contribution in [0, 0.1) is 5.82 Å². The zero-order chi connectivity index (χ0) is 38.5. The van der Waals surface area contributed by atoms with Gasteiger partial charge in [-0.2, -0.15) is 26.3 Å². The maximum atomic E-state index is 13.5. The van der Waals surface area contributed by atoms with E-state index in [0.717, 1.165) is 36.8 Å². The second kappa shape index (κ2) is 19.8. The maximum Gasteiger partial charge on any atom is 0.458 e. The van der Waals surface area contributed by atoms with E-state index in [1.54, 1.807) is 12.1 Å². The molecule has 1 heterocycles. The van der Waals surface area contributed by atoms with Gasteiger partial charge in [-0.25, -0.2) is 4.39 Å². The van der Waals surface area contributed by atoms with Crippen LogP contribution in [0.1, 0.15) is 56.1 Å². The standard InChI is InChI=1S/C30H40ClFN4O4.C4F6O2/c31-23-17-21(18-24(32)19-23)9-12-33-14-11-28(39)36(25-5-3-1-2-4-6-25)16-15-34-13-10-22-7-8-26(37)29-30(22)40-20-27(38)35-29;5-3(6,7)1(11)2(12)4(8,9)10/h7-8,17-19,25,33-34,37H,1-6,9-16,20H2,(H,35,38);. The summed E-state index contributed by atoms with van der Waals surface area (Å²) in [5.41, 5.74) is 2.06. The molecule has 0 aromatic heterocycles. The van der Waals surface area contributed by atoms with Crippen LogP contribution in [0.5, 0.6) is 11.5 Å². The smallest absolute Gasteiger partial charge is 0.458 e. The molecular weight excluding hydrogens is 729 g/mol. The predicted octanol–water partition coefficient (Wildman–Crippen LogP) is 5.67. The first kappa shape index (κ1) is 42.5. The van der Waals surface area contributed by atoms with E-state index in [1.807, 2.05) is 6.07 Å². The Labute approximate surface area is 300 Å². The molecule has 0 bridgehead atoms. The second-order valence-electron chi connectivity index (χ2n) is 12.2. The van der Waals surface area contributed by atoms with Crippen molar-refractivity contribution in [2.24, 2.45) is 0 Å². The number of carbonyl (C=O) groups is 4. The predicted molar refractivity (Wildman–Crippen MR) is 177 cm³/mol. The number of ether oxygens (including phenoxy) is 1. The number of nitrogens with zero attached hydrogens (tertiary/aromatic N) is 1. The third-order valence-electron chi connectivity index (χ3n) is 8.27. The lowest BCUT2D eigenvalue weighted by atomic mass is 10.1. The third-order valence-corrected chi connectivity index (χ3v) is 8.48. The molecule has 0 radical (unpaired) electrons. The van der Waals surface area contributed by atoms with Gasteiger partial charge in [0.1, 0.15) is 17.3 Å². The van der Waals surface area contributed by atoms with Crippen molar-refractivity contribution in [3.63, 3.8) is 0 Å². The van der Waals surface area contributed by atoms with Crippen LogP contribution < -0.4 is 20.7 Å². The first-order chi connectivity index (χ1) is 24.5. The minimum atomic E-state index is -5.77. The molecule has 18 heteroatoms. The Kier molecular flexibility index (Phi) is 16.1. The second-order valence-corrected chi connectivity index (χ2v) is 12.6. The average Bonchev–Trinajstić information content (AvgIpc) is 3.35. The number of halogens is 8. The van der Waals surface area contributed by atoms with Crippen LogP contribution >= 0.6 is 11.6 Å². The van der Waals surface area contributed by atoms with E-state index in [-0.39, 0.29) is 36.0 Å². The number of alkyl halides is 6. The first-order valence-corrected chi connectivity index (χ1v) is 17.0. The topological polar surface area (TPSA) is 137 Å². The van der Waals surface area contributed by atoms with Crippen LogP contribution in [0.2, 0.25) is 5.02 Å². The molecule has 1 aliphatic heterocycles. The minimum absolute atomic E-state index is 0.00911. The number of carbonyl (C=O) groups excluding carboxylic acids is 4. The number of ketones is 2. The molecule has 1 saturated carbocycles. The number of nitrogens with one attached hydrogen (secondary N) is 3. The van der Waals surface area contributed by atoms with E-state index in [0.29, 0.717) is 68.4 Å². The van der Waals surface area contributed by atoms with E-state index in [4.69, 9.17) is 16.3 Å². The summed E-state index contributed by atoms with van der Waals surface area (Å²) in [6, 6.07) is 8.19. The van der Waals surface area contributed by atoms with Crippen molar-refractivity contribution in [2.45, 2.75) is 76.2 Å². The minimum Gasteiger partial charge on any atom is -0.506 e. The fraction of sp³-hybridized carbons (Fsp3) is 0.529. The monoisotopic (exact) mass is 768 g/mol. The number of fused-ring (bicyclic) bond motifs is 1. The number of anilines is 1. The molecule has 2 amide bonds. The Morgan fingerprint density at radius 2 is 1.50 bits per heavy atom. The molecule has 2 aromatic carbocycles. The number of amides is 2. The van der Waals surface area contributed by atoms with Gasteiger partial charge in [0.05, 0.1) is 0 Å². The summed E-state index contributed by atoms with van der Waals surface area (Å²) in [5.74, 6) is -6.77. The van der Waals surface area contributed by atoms with Gasteiger partial charge in [-0.05, 0) is 74.2 Å². The average molecular weight is 769 g/mol. The zero-order valence-corrected chi connectivity index (χ0v) is 28.8. The lowest BCUT2D eigenvalue weighted by Crippen LogP contribution is -2.45. The number of hydrogen-bond donors (Lipinski definition) is 4. The highest BCUT2D eigenvalue weighted by Crippen LogP contribution is 2.39. The van der Waals surface area contributed by atoms with E-state index >= 15 is 0 Å². The molecule has 2 aromatic rings. The van der Waals surface area contributed by atoms with Crippen LogP contribution in [-0.2, 0) is 32.0 Å². The Bertz CT molecular complexity index is 1510. The highest BCUT2D eigenvalue weighted by atomic mass is 35.5. The molecule has 52 heavy (non-hydrogen) atoms. The number of rotatable bonds is 14. The summed E-state index contributed by atoms with van der Waals surface area (Å²) in [6.45, 7) is 3.14. The summed E-state index contributed by atoms with van der Waals surface area (Å²) in [7, 11) is 0. The lowest BCUT2D eigenvalue weighted by Gasteiger charge is -2.32. The highest BCUT2D eigenvalue weighted by molar-refractivity contribution is 6.41. The molecule has 288 valence electrons. The number of aromatic hydroxyl groups is 1. The first-order valence-electron chi connectivity index (χ1n) is 16.6. The molecule has 1 aliphatic carbocycles. The Morgan fingerprint density at radius 3 is 2.12 bits per heavy atom. The van der Waals surface area contributed by atoms with Crippen molar-refractivity contribution < 1.29 is 59.8 Å². The van der Waals surface area contributed by atoms with Crippen LogP contribution in [0.15, 0.2) is 30.3 Å². The van der Waals surface area contributed by atoms with Gasteiger partial charge in [0.25, 0.3) is 5.91 Å². The Balaban J connectivity index is 0.000000521. The summed E-state index contributed by atoms with van der Waals surface area (Å²) in [4.78, 5) is 46.2. The van der Waals surface area contributed by atoms with Crippen LogP contribution in [0.25, 0.3) is 0 Å². The largest absolute Gasteiger partial charge is 0.506 e. The zero-order valence-electron chi connectivity index (χ0n) is 28.0. The molecule has 0 atom stereocenters. The summed E-state index contributed by atoms with van der Waals surface area (Å²) in [5, 5.41) is 19.9. The van der Waals surface area contributed by atoms with Crippen molar-refractivity contribution in [2.75, 3.05) is 44.6 Å². The normalized spacial score (nSPS) is 15.0. The van der Waals surface area contributed by atoms with Crippen molar-refractivity contribution in [3.8, 4) is 11.5 Å². The van der Waals surface area contributed by atoms with Gasteiger partial charge in [-0.15, -0.1) is 0 Å².